The van der Waals surface area contributed by atoms with Gasteiger partial charge in [-0.3, -0.25) is 9.59 Å². The van der Waals surface area contributed by atoms with Crippen molar-refractivity contribution in [3.8, 4) is 0 Å². The standard InChI is InChI=1S/C15H18N2O2/c1-15(9-16-13(18)14(19)17-15)12-7-6-10-4-2-3-5-11(10)8-12/h6-8H,2-5,9H2,1H3,(H,16,18)(H,17,19). The van der Waals surface area contributed by atoms with Crippen LogP contribution in [0.2, 0.25) is 0 Å². The molecule has 1 aliphatic carbocycles. The highest BCUT2D eigenvalue weighted by Crippen LogP contribution is 2.28. The zero-order chi connectivity index (χ0) is 13.5. The van der Waals surface area contributed by atoms with Gasteiger partial charge in [-0.15, -0.1) is 0 Å². The molecule has 0 spiro atoms. The lowest BCUT2D eigenvalue weighted by Gasteiger charge is -2.35. The third kappa shape index (κ3) is 2.11. The number of benzene rings is 1. The molecule has 2 amide bonds. The molecule has 1 unspecified atom stereocenters. The number of aryl methyl sites for hydroxylation is 2. The molecule has 3 rings (SSSR count). The predicted octanol–water partition coefficient (Wildman–Crippen LogP) is 1.03. The maximum atomic E-state index is 11.5. The SMILES string of the molecule is CC1(c2ccc3c(c2)CCCC3)CNC(=O)C(=O)N1. The van der Waals surface area contributed by atoms with Crippen LogP contribution in [0.25, 0.3) is 0 Å². The van der Waals surface area contributed by atoms with E-state index in [1.54, 1.807) is 0 Å². The van der Waals surface area contributed by atoms with Gasteiger partial charge in [0, 0.05) is 6.54 Å². The van der Waals surface area contributed by atoms with Gasteiger partial charge in [0.15, 0.2) is 0 Å². The van der Waals surface area contributed by atoms with E-state index in [-0.39, 0.29) is 0 Å². The first-order valence-corrected chi connectivity index (χ1v) is 6.81. The normalized spacial score (nSPS) is 26.4. The minimum atomic E-state index is -0.550. The van der Waals surface area contributed by atoms with Crippen LogP contribution in [0.5, 0.6) is 0 Å². The van der Waals surface area contributed by atoms with Gasteiger partial charge in [0.2, 0.25) is 0 Å². The summed E-state index contributed by atoms with van der Waals surface area (Å²) in [4.78, 5) is 22.8. The molecule has 2 aliphatic rings. The highest BCUT2D eigenvalue weighted by atomic mass is 16.2. The maximum Gasteiger partial charge on any atom is 0.310 e. The third-order valence-electron chi connectivity index (χ3n) is 4.18. The minimum Gasteiger partial charge on any atom is -0.345 e. The van der Waals surface area contributed by atoms with Crippen molar-refractivity contribution in [2.45, 2.75) is 38.1 Å². The van der Waals surface area contributed by atoms with Crippen molar-refractivity contribution in [1.29, 1.82) is 0 Å². The first-order chi connectivity index (χ1) is 9.08. The Labute approximate surface area is 112 Å². The Balaban J connectivity index is 1.93. The Morgan fingerprint density at radius 3 is 2.53 bits per heavy atom. The summed E-state index contributed by atoms with van der Waals surface area (Å²) in [6.07, 6.45) is 4.75. The van der Waals surface area contributed by atoms with Crippen LogP contribution in [0.3, 0.4) is 0 Å². The first-order valence-electron chi connectivity index (χ1n) is 6.81. The molecule has 100 valence electrons. The van der Waals surface area contributed by atoms with Crippen LogP contribution in [0.15, 0.2) is 18.2 Å². The summed E-state index contributed by atoms with van der Waals surface area (Å²) in [5.74, 6) is -1.10. The topological polar surface area (TPSA) is 58.2 Å². The second-order valence-corrected chi connectivity index (χ2v) is 5.66. The number of hydrogen-bond donors (Lipinski definition) is 2. The van der Waals surface area contributed by atoms with E-state index in [1.165, 1.54) is 24.0 Å². The van der Waals surface area contributed by atoms with Gasteiger partial charge in [0.05, 0.1) is 5.54 Å². The first kappa shape index (κ1) is 12.2. The highest BCUT2D eigenvalue weighted by molar-refractivity contribution is 6.35. The van der Waals surface area contributed by atoms with Gasteiger partial charge in [0.25, 0.3) is 0 Å². The van der Waals surface area contributed by atoms with Crippen molar-refractivity contribution in [3.63, 3.8) is 0 Å². The number of nitrogens with one attached hydrogen (secondary N) is 2. The number of rotatable bonds is 1. The largest absolute Gasteiger partial charge is 0.345 e. The summed E-state index contributed by atoms with van der Waals surface area (Å²) >= 11 is 0. The van der Waals surface area contributed by atoms with Gasteiger partial charge in [-0.25, -0.2) is 0 Å². The van der Waals surface area contributed by atoms with Crippen molar-refractivity contribution < 1.29 is 9.59 Å². The van der Waals surface area contributed by atoms with Gasteiger partial charge in [-0.1, -0.05) is 18.2 Å². The molecule has 1 atom stereocenters. The van der Waals surface area contributed by atoms with Crippen LogP contribution in [-0.4, -0.2) is 18.4 Å². The van der Waals surface area contributed by atoms with E-state index >= 15 is 0 Å². The van der Waals surface area contributed by atoms with Crippen molar-refractivity contribution in [3.05, 3.63) is 34.9 Å². The smallest absolute Gasteiger partial charge is 0.310 e. The van der Waals surface area contributed by atoms with Crippen LogP contribution in [-0.2, 0) is 28.0 Å². The minimum absolute atomic E-state index is 0.441. The van der Waals surface area contributed by atoms with E-state index in [4.69, 9.17) is 0 Å². The summed E-state index contributed by atoms with van der Waals surface area (Å²) in [7, 11) is 0. The molecule has 1 aliphatic heterocycles. The second-order valence-electron chi connectivity index (χ2n) is 5.66. The number of carbonyl (C=O) groups is 2. The summed E-state index contributed by atoms with van der Waals surface area (Å²) < 4.78 is 0. The monoisotopic (exact) mass is 258 g/mol. The highest BCUT2D eigenvalue weighted by Gasteiger charge is 2.36. The van der Waals surface area contributed by atoms with Gasteiger partial charge in [0.1, 0.15) is 0 Å². The number of hydrogen-bond acceptors (Lipinski definition) is 2. The predicted molar refractivity (Wildman–Crippen MR) is 71.6 cm³/mol. The van der Waals surface area contributed by atoms with E-state index < -0.39 is 17.4 Å². The fourth-order valence-electron chi connectivity index (χ4n) is 2.94. The Kier molecular flexibility index (Phi) is 2.81. The van der Waals surface area contributed by atoms with Gasteiger partial charge in [-0.2, -0.15) is 0 Å². The Morgan fingerprint density at radius 1 is 1.05 bits per heavy atom. The lowest BCUT2D eigenvalue weighted by molar-refractivity contribution is -0.142. The van der Waals surface area contributed by atoms with Gasteiger partial charge < -0.3 is 10.6 Å². The quantitative estimate of drug-likeness (QED) is 0.739. The van der Waals surface area contributed by atoms with Gasteiger partial charge in [-0.05, 0) is 49.3 Å². The molecule has 1 aromatic carbocycles. The Morgan fingerprint density at radius 2 is 1.79 bits per heavy atom. The van der Waals surface area contributed by atoms with Crippen molar-refractivity contribution in [2.75, 3.05) is 6.54 Å². The van der Waals surface area contributed by atoms with E-state index in [0.29, 0.717) is 6.54 Å². The zero-order valence-electron chi connectivity index (χ0n) is 11.1. The molecular weight excluding hydrogens is 240 g/mol. The second kappa shape index (κ2) is 4.37. The summed E-state index contributed by atoms with van der Waals surface area (Å²) in [6.45, 7) is 2.39. The molecule has 0 saturated carbocycles. The van der Waals surface area contributed by atoms with Crippen molar-refractivity contribution >= 4 is 11.8 Å². The van der Waals surface area contributed by atoms with E-state index in [1.807, 2.05) is 6.92 Å². The molecule has 1 saturated heterocycles. The van der Waals surface area contributed by atoms with Crippen LogP contribution < -0.4 is 10.6 Å². The molecule has 1 aromatic rings. The molecule has 1 heterocycles. The molecule has 0 radical (unpaired) electrons. The molecule has 4 nitrogen and oxygen atoms in total. The molecule has 0 aromatic heterocycles. The Hall–Kier alpha value is -1.84. The fourth-order valence-corrected chi connectivity index (χ4v) is 2.94. The lowest BCUT2D eigenvalue weighted by atomic mass is 9.84. The number of amides is 2. The molecule has 0 bridgehead atoms. The van der Waals surface area contributed by atoms with Crippen molar-refractivity contribution in [1.82, 2.24) is 10.6 Å². The summed E-state index contributed by atoms with van der Waals surface area (Å²) in [5, 5.41) is 5.46. The summed E-state index contributed by atoms with van der Waals surface area (Å²) in [6, 6.07) is 6.42. The van der Waals surface area contributed by atoms with Crippen LogP contribution >= 0.6 is 0 Å². The number of fused-ring (bicyclic) bond motifs is 1. The van der Waals surface area contributed by atoms with Gasteiger partial charge >= 0.3 is 11.8 Å². The third-order valence-corrected chi connectivity index (χ3v) is 4.18. The van der Waals surface area contributed by atoms with Crippen LogP contribution in [0.1, 0.15) is 36.5 Å². The average molecular weight is 258 g/mol. The summed E-state index contributed by atoms with van der Waals surface area (Å²) in [5.41, 5.74) is 3.37. The van der Waals surface area contributed by atoms with E-state index in [2.05, 4.69) is 28.8 Å². The molecular formula is C15H18N2O2. The average Bonchev–Trinajstić information content (AvgIpc) is 2.43. The van der Waals surface area contributed by atoms with E-state index in [0.717, 1.165) is 18.4 Å². The maximum absolute atomic E-state index is 11.5. The lowest BCUT2D eigenvalue weighted by Crippen LogP contribution is -2.60. The van der Waals surface area contributed by atoms with E-state index in [9.17, 15) is 9.59 Å². The Bertz CT molecular complexity index is 553. The number of piperazine rings is 1. The van der Waals surface area contributed by atoms with Crippen LogP contribution in [0.4, 0.5) is 0 Å². The zero-order valence-corrected chi connectivity index (χ0v) is 11.1. The molecule has 4 heteroatoms. The molecule has 19 heavy (non-hydrogen) atoms. The van der Waals surface area contributed by atoms with Crippen LogP contribution in [0, 0.1) is 0 Å². The number of carbonyl (C=O) groups excluding carboxylic acids is 2. The fraction of sp³-hybridized carbons (Fsp3) is 0.467. The van der Waals surface area contributed by atoms with Crippen molar-refractivity contribution in [2.24, 2.45) is 0 Å². The molecule has 1 fully saturated rings. The molecule has 2 N–H and O–H groups in total.